The van der Waals surface area contributed by atoms with E-state index in [1.165, 1.54) is 0 Å². The van der Waals surface area contributed by atoms with Gasteiger partial charge in [0.1, 0.15) is 5.76 Å². The summed E-state index contributed by atoms with van der Waals surface area (Å²) in [6, 6.07) is 0. The van der Waals surface area contributed by atoms with Gasteiger partial charge in [0.2, 0.25) is 0 Å². The first kappa shape index (κ1) is 7.86. The number of allylic oxidation sites excluding steroid dienone is 1. The van der Waals surface area contributed by atoms with Gasteiger partial charge in [-0.05, 0) is 25.5 Å². The first-order valence-corrected chi connectivity index (χ1v) is 3.62. The summed E-state index contributed by atoms with van der Waals surface area (Å²) in [5.74, 6) is 0.848. The van der Waals surface area contributed by atoms with Crippen molar-refractivity contribution >= 4 is 12.2 Å². The van der Waals surface area contributed by atoms with E-state index in [0.29, 0.717) is 0 Å². The fourth-order valence-electron chi connectivity index (χ4n) is 1.01. The van der Waals surface area contributed by atoms with E-state index < -0.39 is 0 Å². The van der Waals surface area contributed by atoms with Crippen LogP contribution in [0.1, 0.15) is 23.8 Å². The monoisotopic (exact) mass is 148 g/mol. The number of hydrogen-bond acceptors (Lipinski definition) is 1. The Kier molecular flexibility index (Phi) is 2.32. The second-order valence-corrected chi connectivity index (χ2v) is 2.40. The second kappa shape index (κ2) is 3.24. The molecule has 0 atom stereocenters. The van der Waals surface area contributed by atoms with Crippen LogP contribution < -0.4 is 0 Å². The summed E-state index contributed by atoms with van der Waals surface area (Å²) < 4.78 is 5.23. The Morgan fingerprint density at radius 3 is 2.82 bits per heavy atom. The lowest BCUT2D eigenvalue weighted by molar-refractivity contribution is 0.555. The van der Waals surface area contributed by atoms with E-state index >= 15 is 0 Å². The lowest BCUT2D eigenvalue weighted by Gasteiger charge is -1.89. The van der Waals surface area contributed by atoms with Crippen molar-refractivity contribution in [1.82, 2.24) is 0 Å². The van der Waals surface area contributed by atoms with E-state index in [1.807, 2.05) is 26.0 Å². The van der Waals surface area contributed by atoms with Crippen LogP contribution in [0.3, 0.4) is 0 Å². The van der Waals surface area contributed by atoms with Crippen LogP contribution >= 0.6 is 0 Å². The van der Waals surface area contributed by atoms with Crippen molar-refractivity contribution in [2.45, 2.75) is 13.8 Å². The first-order valence-electron chi connectivity index (χ1n) is 3.62. The molecule has 0 fully saturated rings. The maximum Gasteiger partial charge on any atom is 0.133 e. The molecule has 0 N–H and O–H groups in total. The van der Waals surface area contributed by atoms with Crippen molar-refractivity contribution in [3.63, 3.8) is 0 Å². The first-order chi connectivity index (χ1) is 5.29. The summed E-state index contributed by atoms with van der Waals surface area (Å²) in [5.41, 5.74) is 2.28. The van der Waals surface area contributed by atoms with Crippen LogP contribution in [-0.4, -0.2) is 0 Å². The summed E-state index contributed by atoms with van der Waals surface area (Å²) in [5, 5.41) is 0. The Balaban J connectivity index is 3.17. The summed E-state index contributed by atoms with van der Waals surface area (Å²) in [7, 11) is 0. The average molecular weight is 148 g/mol. The van der Waals surface area contributed by atoms with E-state index in [-0.39, 0.29) is 0 Å². The third-order valence-electron chi connectivity index (χ3n) is 1.57. The highest BCUT2D eigenvalue weighted by atomic mass is 16.3. The van der Waals surface area contributed by atoms with E-state index in [0.717, 1.165) is 16.9 Å². The summed E-state index contributed by atoms with van der Waals surface area (Å²) in [4.78, 5) is 0. The van der Waals surface area contributed by atoms with Crippen LogP contribution in [0.2, 0.25) is 0 Å². The minimum atomic E-state index is 0.848. The number of hydrogen-bond donors (Lipinski definition) is 0. The third kappa shape index (κ3) is 1.43. The smallest absolute Gasteiger partial charge is 0.133 e. The quantitative estimate of drug-likeness (QED) is 0.627. The molecule has 1 nitrogen and oxygen atoms in total. The zero-order chi connectivity index (χ0) is 8.27. The number of aryl methyl sites for hydroxylation is 1. The van der Waals surface area contributed by atoms with Gasteiger partial charge in [-0.2, -0.15) is 0 Å². The molecule has 0 bridgehead atoms. The Bertz CT molecular complexity index is 279. The Morgan fingerprint density at radius 1 is 1.55 bits per heavy atom. The fraction of sp³-hybridized carbons (Fsp3) is 0.200. The number of rotatable bonds is 2. The molecule has 0 aromatic carbocycles. The van der Waals surface area contributed by atoms with Gasteiger partial charge in [-0.25, -0.2) is 0 Å². The molecule has 0 saturated heterocycles. The standard InChI is InChI=1S/C10H12O/c1-4-6-9-8(3)7-11-10(9)5-2/h4-7H,2H2,1,3H3. The van der Waals surface area contributed by atoms with Crippen molar-refractivity contribution in [3.8, 4) is 0 Å². The van der Waals surface area contributed by atoms with Crippen LogP contribution in [0.4, 0.5) is 0 Å². The molecule has 1 heterocycles. The Hall–Kier alpha value is -1.24. The normalized spacial score (nSPS) is 10.7. The van der Waals surface area contributed by atoms with Crippen molar-refractivity contribution in [2.75, 3.05) is 0 Å². The molecule has 1 heteroatoms. The van der Waals surface area contributed by atoms with Gasteiger partial charge < -0.3 is 4.42 Å². The van der Waals surface area contributed by atoms with Gasteiger partial charge in [0.15, 0.2) is 0 Å². The molecule has 1 aromatic heterocycles. The van der Waals surface area contributed by atoms with Crippen LogP contribution in [-0.2, 0) is 0 Å². The van der Waals surface area contributed by atoms with E-state index in [9.17, 15) is 0 Å². The van der Waals surface area contributed by atoms with Gasteiger partial charge in [0.05, 0.1) is 6.26 Å². The molecule has 1 aromatic rings. The molecular weight excluding hydrogens is 136 g/mol. The molecule has 58 valence electrons. The number of furan rings is 1. The van der Waals surface area contributed by atoms with Gasteiger partial charge in [-0.3, -0.25) is 0 Å². The van der Waals surface area contributed by atoms with Gasteiger partial charge in [-0.1, -0.05) is 18.7 Å². The van der Waals surface area contributed by atoms with Gasteiger partial charge in [0.25, 0.3) is 0 Å². The molecule has 0 aliphatic rings. The van der Waals surface area contributed by atoms with Crippen molar-refractivity contribution in [3.05, 3.63) is 35.8 Å². The second-order valence-electron chi connectivity index (χ2n) is 2.40. The largest absolute Gasteiger partial charge is 0.464 e. The molecule has 1 rings (SSSR count). The summed E-state index contributed by atoms with van der Waals surface area (Å²) >= 11 is 0. The van der Waals surface area contributed by atoms with Crippen LogP contribution in [0, 0.1) is 6.92 Å². The Labute approximate surface area is 67.0 Å². The van der Waals surface area contributed by atoms with Crippen molar-refractivity contribution < 1.29 is 4.42 Å². The fourth-order valence-corrected chi connectivity index (χ4v) is 1.01. The molecule has 0 unspecified atom stereocenters. The van der Waals surface area contributed by atoms with Gasteiger partial charge >= 0.3 is 0 Å². The minimum absolute atomic E-state index is 0.848. The molecule has 0 spiro atoms. The molecular formula is C10H12O. The average Bonchev–Trinajstić information content (AvgIpc) is 2.34. The highest BCUT2D eigenvalue weighted by Crippen LogP contribution is 2.18. The van der Waals surface area contributed by atoms with E-state index in [4.69, 9.17) is 4.42 Å². The third-order valence-corrected chi connectivity index (χ3v) is 1.57. The van der Waals surface area contributed by atoms with Gasteiger partial charge in [-0.15, -0.1) is 0 Å². The zero-order valence-corrected chi connectivity index (χ0v) is 6.92. The highest BCUT2D eigenvalue weighted by Gasteiger charge is 2.02. The Morgan fingerprint density at radius 2 is 2.27 bits per heavy atom. The molecule has 11 heavy (non-hydrogen) atoms. The predicted molar refractivity (Wildman–Crippen MR) is 48.2 cm³/mol. The van der Waals surface area contributed by atoms with Crippen LogP contribution in [0.5, 0.6) is 0 Å². The highest BCUT2D eigenvalue weighted by molar-refractivity contribution is 5.63. The van der Waals surface area contributed by atoms with E-state index in [1.54, 1.807) is 12.3 Å². The maximum atomic E-state index is 5.23. The SMILES string of the molecule is C=Cc1occ(C)c1C=CC. The van der Waals surface area contributed by atoms with Crippen LogP contribution in [0.25, 0.3) is 12.2 Å². The molecule has 0 radical (unpaired) electrons. The summed E-state index contributed by atoms with van der Waals surface area (Å²) in [6.45, 7) is 7.66. The lowest BCUT2D eigenvalue weighted by atomic mass is 10.1. The molecule has 0 aliphatic heterocycles. The van der Waals surface area contributed by atoms with Crippen molar-refractivity contribution in [2.24, 2.45) is 0 Å². The minimum Gasteiger partial charge on any atom is -0.464 e. The molecule has 0 amide bonds. The zero-order valence-electron chi connectivity index (χ0n) is 6.92. The topological polar surface area (TPSA) is 13.1 Å². The lowest BCUT2D eigenvalue weighted by Crippen LogP contribution is -1.73. The van der Waals surface area contributed by atoms with Crippen LogP contribution in [0.15, 0.2) is 23.3 Å². The van der Waals surface area contributed by atoms with E-state index in [2.05, 4.69) is 6.58 Å². The molecule has 0 aliphatic carbocycles. The predicted octanol–water partition coefficient (Wildman–Crippen LogP) is 3.26. The maximum absolute atomic E-state index is 5.23. The van der Waals surface area contributed by atoms with Crippen molar-refractivity contribution in [1.29, 1.82) is 0 Å². The molecule has 0 saturated carbocycles. The van der Waals surface area contributed by atoms with Gasteiger partial charge in [0, 0.05) is 5.56 Å². The summed E-state index contributed by atoms with van der Waals surface area (Å²) in [6.07, 6.45) is 7.48.